The molecule has 3 aromatic heterocycles. The zero-order valence-corrected chi connectivity index (χ0v) is 15.6. The number of anilines is 1. The molecule has 1 fully saturated rings. The van der Waals surface area contributed by atoms with E-state index in [1.807, 2.05) is 71.0 Å². The first-order valence-electron chi connectivity index (χ1n) is 9.40. The molecule has 0 bridgehead atoms. The summed E-state index contributed by atoms with van der Waals surface area (Å²) >= 11 is 0. The van der Waals surface area contributed by atoms with E-state index in [0.717, 1.165) is 48.1 Å². The first kappa shape index (κ1) is 16.9. The molecule has 1 aliphatic rings. The molecule has 0 amide bonds. The summed E-state index contributed by atoms with van der Waals surface area (Å²) in [6, 6.07) is 14.0. The van der Waals surface area contributed by atoms with Crippen molar-refractivity contribution >= 4 is 11.5 Å². The second-order valence-corrected chi connectivity index (χ2v) is 7.03. The summed E-state index contributed by atoms with van der Waals surface area (Å²) in [5.74, 6) is 1.64. The molecule has 4 heterocycles. The van der Waals surface area contributed by atoms with Gasteiger partial charge in [0.05, 0.1) is 25.5 Å². The van der Waals surface area contributed by atoms with E-state index in [4.69, 9.17) is 9.84 Å². The van der Waals surface area contributed by atoms with Gasteiger partial charge in [0.25, 0.3) is 0 Å². The number of aryl methyl sites for hydroxylation is 1. The van der Waals surface area contributed by atoms with Crippen LogP contribution in [0.1, 0.15) is 5.56 Å². The van der Waals surface area contributed by atoms with Crippen LogP contribution in [0.4, 0.5) is 5.82 Å². The van der Waals surface area contributed by atoms with Gasteiger partial charge in [-0.25, -0.2) is 0 Å². The molecule has 28 heavy (non-hydrogen) atoms. The molecular formula is C20H21N7O. The van der Waals surface area contributed by atoms with Crippen LogP contribution >= 0.6 is 0 Å². The number of nitrogens with zero attached hydrogens (tertiary/aromatic N) is 7. The number of ether oxygens (including phenoxy) is 1. The summed E-state index contributed by atoms with van der Waals surface area (Å²) in [4.78, 5) is 2.25. The van der Waals surface area contributed by atoms with Crippen LogP contribution < -0.4 is 4.90 Å². The zero-order valence-electron chi connectivity index (χ0n) is 15.6. The van der Waals surface area contributed by atoms with E-state index in [0.29, 0.717) is 6.61 Å². The van der Waals surface area contributed by atoms with Crippen molar-refractivity contribution in [3.8, 4) is 11.4 Å². The van der Waals surface area contributed by atoms with E-state index in [2.05, 4.69) is 20.2 Å². The van der Waals surface area contributed by atoms with Crippen molar-refractivity contribution in [2.24, 2.45) is 0 Å². The summed E-state index contributed by atoms with van der Waals surface area (Å²) in [5, 5.41) is 17.8. The van der Waals surface area contributed by atoms with Crippen LogP contribution in [0.5, 0.6) is 0 Å². The van der Waals surface area contributed by atoms with Crippen LogP contribution in [0, 0.1) is 6.92 Å². The fraction of sp³-hybridized carbons (Fsp3) is 0.300. The van der Waals surface area contributed by atoms with Crippen LogP contribution in [-0.2, 0) is 11.3 Å². The third-order valence-corrected chi connectivity index (χ3v) is 4.90. The maximum absolute atomic E-state index is 5.95. The topological polar surface area (TPSA) is 73.4 Å². The van der Waals surface area contributed by atoms with Gasteiger partial charge in [-0.05, 0) is 24.6 Å². The molecule has 0 spiro atoms. The number of hydrogen-bond acceptors (Lipinski definition) is 6. The van der Waals surface area contributed by atoms with E-state index in [9.17, 15) is 0 Å². The molecule has 0 N–H and O–H groups in total. The number of hydrogen-bond donors (Lipinski definition) is 0. The van der Waals surface area contributed by atoms with Gasteiger partial charge in [-0.15, -0.1) is 15.3 Å². The van der Waals surface area contributed by atoms with Crippen molar-refractivity contribution in [1.82, 2.24) is 29.6 Å². The predicted molar refractivity (Wildman–Crippen MR) is 105 cm³/mol. The fourth-order valence-corrected chi connectivity index (χ4v) is 3.53. The third-order valence-electron chi connectivity index (χ3n) is 4.90. The van der Waals surface area contributed by atoms with Crippen molar-refractivity contribution in [3.63, 3.8) is 0 Å². The second-order valence-electron chi connectivity index (χ2n) is 7.03. The van der Waals surface area contributed by atoms with Gasteiger partial charge in [-0.3, -0.25) is 4.68 Å². The SMILES string of the molecule is Cc1cnn(CC2CN(c3ccc4nnc(-c5ccccc5)n4n3)CCO2)c1. The van der Waals surface area contributed by atoms with Crippen LogP contribution in [0.3, 0.4) is 0 Å². The Hall–Kier alpha value is -3.26. The standard InChI is InChI=1S/C20H21N7O/c1-15-11-21-26(12-15)14-17-13-25(9-10-28-17)19-8-7-18-22-23-20(27(18)24-19)16-5-3-2-4-6-16/h2-8,11-12,17H,9-10,13-14H2,1H3. The smallest absolute Gasteiger partial charge is 0.185 e. The number of aromatic nitrogens is 6. The summed E-state index contributed by atoms with van der Waals surface area (Å²) in [6.45, 7) is 5.00. The van der Waals surface area contributed by atoms with Gasteiger partial charge >= 0.3 is 0 Å². The van der Waals surface area contributed by atoms with Gasteiger partial charge in [0.2, 0.25) is 0 Å². The molecule has 1 saturated heterocycles. The maximum Gasteiger partial charge on any atom is 0.185 e. The molecule has 142 valence electrons. The number of rotatable bonds is 4. The van der Waals surface area contributed by atoms with Crippen molar-refractivity contribution in [1.29, 1.82) is 0 Å². The van der Waals surface area contributed by atoms with Crippen LogP contribution in [0.15, 0.2) is 54.9 Å². The largest absolute Gasteiger partial charge is 0.373 e. The lowest BCUT2D eigenvalue weighted by Gasteiger charge is -2.33. The van der Waals surface area contributed by atoms with Crippen molar-refractivity contribution in [3.05, 3.63) is 60.4 Å². The summed E-state index contributed by atoms with van der Waals surface area (Å²) in [7, 11) is 0. The lowest BCUT2D eigenvalue weighted by molar-refractivity contribution is 0.0271. The molecule has 5 rings (SSSR count). The molecule has 0 saturated carbocycles. The fourth-order valence-electron chi connectivity index (χ4n) is 3.53. The molecule has 0 aliphatic carbocycles. The minimum absolute atomic E-state index is 0.0695. The van der Waals surface area contributed by atoms with Gasteiger partial charge in [0, 0.05) is 24.8 Å². The van der Waals surface area contributed by atoms with Gasteiger partial charge in [-0.1, -0.05) is 30.3 Å². The van der Waals surface area contributed by atoms with Crippen molar-refractivity contribution in [2.45, 2.75) is 19.6 Å². The van der Waals surface area contributed by atoms with Gasteiger partial charge in [0.15, 0.2) is 11.5 Å². The minimum Gasteiger partial charge on any atom is -0.373 e. The number of morpholine rings is 1. The van der Waals surface area contributed by atoms with E-state index >= 15 is 0 Å². The Labute approximate surface area is 162 Å². The average molecular weight is 375 g/mol. The number of fused-ring (bicyclic) bond motifs is 1. The Bertz CT molecular complexity index is 1090. The zero-order chi connectivity index (χ0) is 18.9. The van der Waals surface area contributed by atoms with Gasteiger partial charge < -0.3 is 9.64 Å². The van der Waals surface area contributed by atoms with Gasteiger partial charge in [-0.2, -0.15) is 9.61 Å². The van der Waals surface area contributed by atoms with E-state index in [1.165, 1.54) is 0 Å². The van der Waals surface area contributed by atoms with E-state index in [-0.39, 0.29) is 6.10 Å². The van der Waals surface area contributed by atoms with Crippen molar-refractivity contribution in [2.75, 3.05) is 24.6 Å². The highest BCUT2D eigenvalue weighted by atomic mass is 16.5. The summed E-state index contributed by atoms with van der Waals surface area (Å²) < 4.78 is 9.70. The summed E-state index contributed by atoms with van der Waals surface area (Å²) in [5.41, 5.74) is 2.88. The lowest BCUT2D eigenvalue weighted by Crippen LogP contribution is -2.44. The Balaban J connectivity index is 1.40. The normalized spacial score (nSPS) is 17.3. The highest BCUT2D eigenvalue weighted by Gasteiger charge is 2.23. The van der Waals surface area contributed by atoms with Gasteiger partial charge in [0.1, 0.15) is 5.82 Å². The number of benzene rings is 1. The van der Waals surface area contributed by atoms with E-state index in [1.54, 1.807) is 0 Å². The summed E-state index contributed by atoms with van der Waals surface area (Å²) in [6.07, 6.45) is 3.98. The third kappa shape index (κ3) is 3.22. The first-order chi connectivity index (χ1) is 13.8. The Kier molecular flexibility index (Phi) is 4.25. The molecule has 0 radical (unpaired) electrons. The average Bonchev–Trinajstić information content (AvgIpc) is 3.34. The van der Waals surface area contributed by atoms with E-state index < -0.39 is 0 Å². The molecule has 1 aromatic carbocycles. The second kappa shape index (κ2) is 7.05. The molecule has 4 aromatic rings. The Morgan fingerprint density at radius 1 is 1.11 bits per heavy atom. The van der Waals surface area contributed by atoms with Crippen LogP contribution in [-0.4, -0.2) is 55.4 Å². The lowest BCUT2D eigenvalue weighted by atomic mass is 10.2. The van der Waals surface area contributed by atoms with Crippen LogP contribution in [0.2, 0.25) is 0 Å². The highest BCUT2D eigenvalue weighted by Crippen LogP contribution is 2.21. The highest BCUT2D eigenvalue weighted by molar-refractivity contribution is 5.59. The molecular weight excluding hydrogens is 354 g/mol. The van der Waals surface area contributed by atoms with Crippen molar-refractivity contribution < 1.29 is 4.74 Å². The predicted octanol–water partition coefficient (Wildman–Crippen LogP) is 2.20. The maximum atomic E-state index is 5.95. The molecule has 8 nitrogen and oxygen atoms in total. The molecule has 1 atom stereocenters. The van der Waals surface area contributed by atoms with Crippen LogP contribution in [0.25, 0.3) is 17.0 Å². The first-order valence-corrected chi connectivity index (χ1v) is 9.40. The Morgan fingerprint density at radius 3 is 2.82 bits per heavy atom. The minimum atomic E-state index is 0.0695. The monoisotopic (exact) mass is 375 g/mol. The molecule has 1 aliphatic heterocycles. The Morgan fingerprint density at radius 2 is 2.00 bits per heavy atom. The molecule has 8 heteroatoms. The molecule has 1 unspecified atom stereocenters. The quantitative estimate of drug-likeness (QED) is 0.544.